The second kappa shape index (κ2) is 7.83. The molecule has 0 bridgehead atoms. The van der Waals surface area contributed by atoms with Gasteiger partial charge in [-0.05, 0) is 43.1 Å². The first-order chi connectivity index (χ1) is 11.7. The topological polar surface area (TPSA) is 38.8 Å². The van der Waals surface area contributed by atoms with Crippen molar-refractivity contribution in [1.82, 2.24) is 15.1 Å². The molecule has 0 radical (unpaired) electrons. The van der Waals surface area contributed by atoms with Gasteiger partial charge in [0, 0.05) is 51.5 Å². The number of halogens is 1. The number of carbonyl (C=O) groups is 1. The number of piperazine rings is 1. The zero-order valence-corrected chi connectivity index (χ0v) is 14.4. The minimum Gasteiger partial charge on any atom is -0.371 e. The van der Waals surface area contributed by atoms with Gasteiger partial charge in [0.15, 0.2) is 0 Å². The van der Waals surface area contributed by atoms with Crippen LogP contribution in [0.25, 0.3) is 0 Å². The number of carbonyl (C=O) groups excluding carboxylic acids is 1. The third-order valence-corrected chi connectivity index (χ3v) is 5.13. The number of amides is 2. The third kappa shape index (κ3) is 4.17. The number of hydrogen-bond acceptors (Lipinski definition) is 3. The van der Waals surface area contributed by atoms with Gasteiger partial charge in [0.05, 0.1) is 0 Å². The molecule has 0 aliphatic carbocycles. The molecule has 132 valence electrons. The number of urea groups is 1. The summed E-state index contributed by atoms with van der Waals surface area (Å²) < 4.78 is 13.0. The predicted octanol–water partition coefficient (Wildman–Crippen LogP) is 2.00. The van der Waals surface area contributed by atoms with Gasteiger partial charge in [-0.25, -0.2) is 9.18 Å². The van der Waals surface area contributed by atoms with Crippen LogP contribution in [-0.2, 0) is 0 Å². The van der Waals surface area contributed by atoms with E-state index in [1.165, 1.54) is 12.1 Å². The van der Waals surface area contributed by atoms with E-state index in [2.05, 4.69) is 22.0 Å². The average Bonchev–Trinajstić information content (AvgIpc) is 3.09. The van der Waals surface area contributed by atoms with E-state index in [0.29, 0.717) is 12.5 Å². The Bertz CT molecular complexity index is 542. The molecule has 1 unspecified atom stereocenters. The Morgan fingerprint density at radius 3 is 2.54 bits per heavy atom. The van der Waals surface area contributed by atoms with Gasteiger partial charge < -0.3 is 20.0 Å². The Morgan fingerprint density at radius 1 is 1.17 bits per heavy atom. The number of anilines is 1. The Morgan fingerprint density at radius 2 is 1.88 bits per heavy atom. The van der Waals surface area contributed by atoms with Crippen molar-refractivity contribution in [1.29, 1.82) is 0 Å². The van der Waals surface area contributed by atoms with Crippen LogP contribution in [0.3, 0.4) is 0 Å². The Balaban J connectivity index is 1.41. The number of benzene rings is 1. The maximum Gasteiger partial charge on any atom is 0.317 e. The number of likely N-dealkylation sites (N-methyl/N-ethyl adjacent to an activating group) is 1. The van der Waals surface area contributed by atoms with Crippen LogP contribution in [0.15, 0.2) is 24.3 Å². The number of nitrogens with zero attached hydrogens (tertiary/aromatic N) is 3. The first-order valence-electron chi connectivity index (χ1n) is 8.91. The molecule has 2 aliphatic rings. The highest BCUT2D eigenvalue weighted by Gasteiger charge is 2.25. The molecule has 2 fully saturated rings. The van der Waals surface area contributed by atoms with Crippen LogP contribution in [0.4, 0.5) is 14.9 Å². The van der Waals surface area contributed by atoms with Crippen LogP contribution in [0.2, 0.25) is 0 Å². The smallest absolute Gasteiger partial charge is 0.317 e. The summed E-state index contributed by atoms with van der Waals surface area (Å²) in [4.78, 5) is 18.8. The van der Waals surface area contributed by atoms with E-state index in [1.54, 1.807) is 0 Å². The molecule has 3 rings (SSSR count). The van der Waals surface area contributed by atoms with Gasteiger partial charge in [0.25, 0.3) is 0 Å². The van der Waals surface area contributed by atoms with Gasteiger partial charge >= 0.3 is 6.03 Å². The highest BCUT2D eigenvalue weighted by atomic mass is 19.1. The molecule has 0 aromatic heterocycles. The fraction of sp³-hybridized carbons (Fsp3) is 0.611. The lowest BCUT2D eigenvalue weighted by molar-refractivity contribution is 0.142. The van der Waals surface area contributed by atoms with E-state index in [1.807, 2.05) is 17.0 Å². The average molecular weight is 334 g/mol. The molecule has 6 heteroatoms. The van der Waals surface area contributed by atoms with Crippen LogP contribution in [0, 0.1) is 11.7 Å². The van der Waals surface area contributed by atoms with E-state index in [-0.39, 0.29) is 11.8 Å². The van der Waals surface area contributed by atoms with E-state index in [0.717, 1.165) is 57.9 Å². The molecule has 2 saturated heterocycles. The standard InChI is InChI=1S/C18H27FN4O/c1-2-21-9-11-22(12-10-21)18(24)20-13-15-7-8-23(14-15)17-5-3-16(19)4-6-17/h3-6,15H,2,7-14H2,1H3,(H,20,24). The zero-order valence-electron chi connectivity index (χ0n) is 14.4. The molecule has 2 aliphatic heterocycles. The maximum atomic E-state index is 13.0. The normalized spacial score (nSPS) is 22.0. The lowest BCUT2D eigenvalue weighted by Gasteiger charge is -2.34. The number of rotatable bonds is 4. The van der Waals surface area contributed by atoms with Gasteiger partial charge in [-0.15, -0.1) is 0 Å². The molecule has 2 amide bonds. The Kier molecular flexibility index (Phi) is 5.56. The van der Waals surface area contributed by atoms with Crippen molar-refractivity contribution in [3.05, 3.63) is 30.1 Å². The fourth-order valence-corrected chi connectivity index (χ4v) is 3.50. The molecule has 1 atom stereocenters. The minimum absolute atomic E-state index is 0.0611. The van der Waals surface area contributed by atoms with Gasteiger partial charge in [0.2, 0.25) is 0 Å². The molecule has 1 aromatic rings. The molecule has 24 heavy (non-hydrogen) atoms. The first kappa shape index (κ1) is 17.0. The maximum absolute atomic E-state index is 13.0. The Hall–Kier alpha value is -1.82. The largest absolute Gasteiger partial charge is 0.371 e. The lowest BCUT2D eigenvalue weighted by atomic mass is 10.1. The molecule has 2 heterocycles. The van der Waals surface area contributed by atoms with E-state index >= 15 is 0 Å². The number of nitrogens with one attached hydrogen (secondary N) is 1. The van der Waals surface area contributed by atoms with Crippen LogP contribution in [0.5, 0.6) is 0 Å². The summed E-state index contributed by atoms with van der Waals surface area (Å²) in [5, 5.41) is 3.09. The van der Waals surface area contributed by atoms with Gasteiger partial charge in [-0.2, -0.15) is 0 Å². The second-order valence-electron chi connectivity index (χ2n) is 6.68. The SMILES string of the molecule is CCN1CCN(C(=O)NCC2CCN(c3ccc(F)cc3)C2)CC1. The van der Waals surface area contributed by atoms with Crippen molar-refractivity contribution in [3.8, 4) is 0 Å². The Labute approximate surface area is 143 Å². The summed E-state index contributed by atoms with van der Waals surface area (Å²) in [7, 11) is 0. The van der Waals surface area contributed by atoms with Crippen LogP contribution in [-0.4, -0.2) is 68.2 Å². The summed E-state index contributed by atoms with van der Waals surface area (Å²) in [5.41, 5.74) is 1.06. The molecule has 0 saturated carbocycles. The zero-order chi connectivity index (χ0) is 16.9. The number of hydrogen-bond donors (Lipinski definition) is 1. The van der Waals surface area contributed by atoms with E-state index in [9.17, 15) is 9.18 Å². The highest BCUT2D eigenvalue weighted by Crippen LogP contribution is 2.23. The quantitative estimate of drug-likeness (QED) is 0.915. The predicted molar refractivity (Wildman–Crippen MR) is 93.8 cm³/mol. The summed E-state index contributed by atoms with van der Waals surface area (Å²) >= 11 is 0. The van der Waals surface area contributed by atoms with E-state index in [4.69, 9.17) is 0 Å². The highest BCUT2D eigenvalue weighted by molar-refractivity contribution is 5.74. The first-order valence-corrected chi connectivity index (χ1v) is 8.91. The summed E-state index contributed by atoms with van der Waals surface area (Å²) in [6.45, 7) is 9.34. The molecular weight excluding hydrogens is 307 g/mol. The fourth-order valence-electron chi connectivity index (χ4n) is 3.50. The second-order valence-corrected chi connectivity index (χ2v) is 6.68. The van der Waals surface area contributed by atoms with Crippen LogP contribution in [0.1, 0.15) is 13.3 Å². The molecular formula is C18H27FN4O. The van der Waals surface area contributed by atoms with Crippen molar-refractivity contribution < 1.29 is 9.18 Å². The van der Waals surface area contributed by atoms with Crippen LogP contribution >= 0.6 is 0 Å². The van der Waals surface area contributed by atoms with Crippen LogP contribution < -0.4 is 10.2 Å². The summed E-state index contributed by atoms with van der Waals surface area (Å²) in [5.74, 6) is 0.251. The third-order valence-electron chi connectivity index (χ3n) is 5.13. The lowest BCUT2D eigenvalue weighted by Crippen LogP contribution is -2.52. The van der Waals surface area contributed by atoms with Crippen molar-refractivity contribution in [2.75, 3.05) is 57.3 Å². The van der Waals surface area contributed by atoms with Gasteiger partial charge in [-0.3, -0.25) is 0 Å². The molecule has 0 spiro atoms. The van der Waals surface area contributed by atoms with Gasteiger partial charge in [0.1, 0.15) is 5.82 Å². The summed E-state index contributed by atoms with van der Waals surface area (Å²) in [6, 6.07) is 6.71. The monoisotopic (exact) mass is 334 g/mol. The van der Waals surface area contributed by atoms with Crippen molar-refractivity contribution in [3.63, 3.8) is 0 Å². The van der Waals surface area contributed by atoms with Gasteiger partial charge in [-0.1, -0.05) is 6.92 Å². The molecule has 1 aromatic carbocycles. The minimum atomic E-state index is -0.204. The summed E-state index contributed by atoms with van der Waals surface area (Å²) in [6.07, 6.45) is 1.06. The molecule has 5 nitrogen and oxygen atoms in total. The van der Waals surface area contributed by atoms with Crippen molar-refractivity contribution >= 4 is 11.7 Å². The van der Waals surface area contributed by atoms with Crippen molar-refractivity contribution in [2.24, 2.45) is 5.92 Å². The van der Waals surface area contributed by atoms with Crippen molar-refractivity contribution in [2.45, 2.75) is 13.3 Å². The van der Waals surface area contributed by atoms with E-state index < -0.39 is 0 Å². The molecule has 1 N–H and O–H groups in total.